The minimum atomic E-state index is 0.0132. The number of thioether (sulfide) groups is 1. The highest BCUT2D eigenvalue weighted by Crippen LogP contribution is 2.21. The molecule has 1 aromatic rings. The van der Waals surface area contributed by atoms with Crippen molar-refractivity contribution in [1.82, 2.24) is 5.32 Å². The zero-order valence-corrected chi connectivity index (χ0v) is 11.1. The maximum absolute atomic E-state index is 11.3. The Morgan fingerprint density at radius 1 is 1.41 bits per heavy atom. The molecular weight excluding hydrogens is 230 g/mol. The summed E-state index contributed by atoms with van der Waals surface area (Å²) < 4.78 is 0. The molecule has 0 bridgehead atoms. The number of carbonyl (C=O) groups excluding carboxylic acids is 1. The lowest BCUT2D eigenvalue weighted by Gasteiger charge is -2.05. The molecule has 2 nitrogen and oxygen atoms in total. The van der Waals surface area contributed by atoms with Crippen LogP contribution in [0.3, 0.4) is 0 Å². The average Bonchev–Trinajstić information content (AvgIpc) is 2.31. The molecule has 1 aromatic carbocycles. The van der Waals surface area contributed by atoms with Crippen LogP contribution in [0.1, 0.15) is 17.5 Å². The number of terminal acetylenes is 1. The van der Waals surface area contributed by atoms with Crippen molar-refractivity contribution in [2.45, 2.75) is 25.2 Å². The van der Waals surface area contributed by atoms with Gasteiger partial charge in [0.2, 0.25) is 5.91 Å². The Morgan fingerprint density at radius 2 is 2.18 bits per heavy atom. The topological polar surface area (TPSA) is 29.1 Å². The number of benzene rings is 1. The molecule has 90 valence electrons. The van der Waals surface area contributed by atoms with Crippen molar-refractivity contribution in [3.8, 4) is 12.3 Å². The van der Waals surface area contributed by atoms with Gasteiger partial charge in [-0.2, -0.15) is 0 Å². The second-order valence-electron chi connectivity index (χ2n) is 3.83. The second kappa shape index (κ2) is 7.03. The van der Waals surface area contributed by atoms with Crippen LogP contribution in [0.4, 0.5) is 0 Å². The van der Waals surface area contributed by atoms with Gasteiger partial charge in [0.25, 0.3) is 0 Å². The normalized spacial score (nSPS) is 9.71. The highest BCUT2D eigenvalue weighted by molar-refractivity contribution is 7.99. The number of nitrogens with one attached hydrogen (secondary N) is 1. The van der Waals surface area contributed by atoms with Crippen molar-refractivity contribution in [2.75, 3.05) is 12.3 Å². The molecule has 0 fully saturated rings. The predicted molar refractivity (Wildman–Crippen MR) is 73.1 cm³/mol. The molecular formula is C14H17NOS. The highest BCUT2D eigenvalue weighted by Gasteiger charge is 2.01. The van der Waals surface area contributed by atoms with Crippen molar-refractivity contribution in [2.24, 2.45) is 0 Å². The molecule has 0 aliphatic carbocycles. The van der Waals surface area contributed by atoms with Crippen LogP contribution in [0, 0.1) is 26.2 Å². The fourth-order valence-electron chi connectivity index (χ4n) is 1.30. The molecule has 1 N–H and O–H groups in total. The molecule has 0 radical (unpaired) electrons. The molecule has 0 heterocycles. The van der Waals surface area contributed by atoms with E-state index in [0.29, 0.717) is 13.0 Å². The van der Waals surface area contributed by atoms with Crippen LogP contribution < -0.4 is 5.32 Å². The van der Waals surface area contributed by atoms with Crippen molar-refractivity contribution in [3.63, 3.8) is 0 Å². The number of hydrogen-bond donors (Lipinski definition) is 1. The van der Waals surface area contributed by atoms with Crippen LogP contribution in [0.15, 0.2) is 23.1 Å². The first-order chi connectivity index (χ1) is 8.13. The van der Waals surface area contributed by atoms with Crippen molar-refractivity contribution in [1.29, 1.82) is 0 Å². The molecule has 0 aliphatic rings. The lowest BCUT2D eigenvalue weighted by molar-refractivity contribution is -0.120. The van der Waals surface area contributed by atoms with Crippen LogP contribution in [0.5, 0.6) is 0 Å². The van der Waals surface area contributed by atoms with Gasteiger partial charge in [0, 0.05) is 17.1 Å². The van der Waals surface area contributed by atoms with Gasteiger partial charge in [-0.05, 0) is 37.1 Å². The number of amides is 1. The van der Waals surface area contributed by atoms with E-state index in [-0.39, 0.29) is 5.91 Å². The third kappa shape index (κ3) is 4.97. The lowest BCUT2D eigenvalue weighted by atomic mass is 10.1. The third-order valence-electron chi connectivity index (χ3n) is 2.46. The fourth-order valence-corrected chi connectivity index (χ4v) is 2.25. The van der Waals surface area contributed by atoms with Crippen LogP contribution in [-0.4, -0.2) is 18.2 Å². The predicted octanol–water partition coefficient (Wildman–Crippen LogP) is 2.54. The first-order valence-electron chi connectivity index (χ1n) is 5.53. The van der Waals surface area contributed by atoms with Gasteiger partial charge >= 0.3 is 0 Å². The Bertz CT molecular complexity index is 434. The van der Waals surface area contributed by atoms with Crippen molar-refractivity contribution >= 4 is 17.7 Å². The van der Waals surface area contributed by atoms with Gasteiger partial charge in [0.1, 0.15) is 0 Å². The Morgan fingerprint density at radius 3 is 2.82 bits per heavy atom. The summed E-state index contributed by atoms with van der Waals surface area (Å²) in [4.78, 5) is 12.5. The van der Waals surface area contributed by atoms with E-state index in [4.69, 9.17) is 6.42 Å². The van der Waals surface area contributed by atoms with Crippen LogP contribution in [0.2, 0.25) is 0 Å². The van der Waals surface area contributed by atoms with Gasteiger partial charge in [-0.25, -0.2) is 0 Å². The summed E-state index contributed by atoms with van der Waals surface area (Å²) in [6.07, 6.45) is 5.56. The fraction of sp³-hybridized carbons (Fsp3) is 0.357. The molecule has 0 unspecified atom stereocenters. The van der Waals surface area contributed by atoms with Gasteiger partial charge in [-0.15, -0.1) is 18.2 Å². The first-order valence-corrected chi connectivity index (χ1v) is 6.52. The van der Waals surface area contributed by atoms with Gasteiger partial charge in [-0.3, -0.25) is 4.79 Å². The largest absolute Gasteiger partial charge is 0.345 e. The minimum Gasteiger partial charge on any atom is -0.345 e. The van der Waals surface area contributed by atoms with Crippen LogP contribution >= 0.6 is 11.8 Å². The zero-order chi connectivity index (χ0) is 12.7. The van der Waals surface area contributed by atoms with E-state index < -0.39 is 0 Å². The van der Waals surface area contributed by atoms with Crippen LogP contribution in [0.25, 0.3) is 0 Å². The Kier molecular flexibility index (Phi) is 5.65. The summed E-state index contributed by atoms with van der Waals surface area (Å²) in [6.45, 7) is 4.50. The highest BCUT2D eigenvalue weighted by atomic mass is 32.2. The SMILES string of the molecule is C#CCNC(=O)CCSc1ccc(C)c(C)c1. The zero-order valence-electron chi connectivity index (χ0n) is 10.2. The first kappa shape index (κ1) is 13.7. The van der Waals surface area contributed by atoms with Gasteiger partial charge in [0.15, 0.2) is 0 Å². The summed E-state index contributed by atoms with van der Waals surface area (Å²) in [6, 6.07) is 6.35. The van der Waals surface area contributed by atoms with E-state index in [1.807, 2.05) is 0 Å². The quantitative estimate of drug-likeness (QED) is 0.640. The number of rotatable bonds is 5. The molecule has 0 spiro atoms. The molecule has 3 heteroatoms. The summed E-state index contributed by atoms with van der Waals surface area (Å²) in [5.41, 5.74) is 2.58. The monoisotopic (exact) mass is 247 g/mol. The maximum atomic E-state index is 11.3. The summed E-state index contributed by atoms with van der Waals surface area (Å²) in [5.74, 6) is 3.17. The molecule has 17 heavy (non-hydrogen) atoms. The summed E-state index contributed by atoms with van der Waals surface area (Å²) in [5, 5.41) is 2.65. The molecule has 0 saturated carbocycles. The third-order valence-corrected chi connectivity index (χ3v) is 3.46. The van der Waals surface area contributed by atoms with Crippen molar-refractivity contribution in [3.05, 3.63) is 29.3 Å². The van der Waals surface area contributed by atoms with E-state index in [9.17, 15) is 4.79 Å². The Labute approximate surface area is 107 Å². The van der Waals surface area contributed by atoms with Crippen molar-refractivity contribution < 1.29 is 4.79 Å². The standard InChI is InChI=1S/C14H17NOS/c1-4-8-15-14(16)7-9-17-13-6-5-11(2)12(3)10-13/h1,5-6,10H,7-9H2,2-3H3,(H,15,16). The molecule has 0 aromatic heterocycles. The number of carbonyl (C=O) groups is 1. The second-order valence-corrected chi connectivity index (χ2v) is 4.99. The molecule has 1 amide bonds. The molecule has 0 saturated heterocycles. The Hall–Kier alpha value is -1.40. The number of hydrogen-bond acceptors (Lipinski definition) is 2. The van der Waals surface area contributed by atoms with E-state index in [1.165, 1.54) is 16.0 Å². The lowest BCUT2D eigenvalue weighted by Crippen LogP contribution is -2.23. The molecule has 0 aliphatic heterocycles. The minimum absolute atomic E-state index is 0.0132. The smallest absolute Gasteiger partial charge is 0.221 e. The van der Waals surface area contributed by atoms with Gasteiger partial charge < -0.3 is 5.32 Å². The van der Waals surface area contributed by atoms with E-state index in [2.05, 4.69) is 43.3 Å². The molecule has 0 atom stereocenters. The van der Waals surface area contributed by atoms with Gasteiger partial charge in [-0.1, -0.05) is 12.0 Å². The van der Waals surface area contributed by atoms with E-state index in [0.717, 1.165) is 5.75 Å². The average molecular weight is 247 g/mol. The van der Waals surface area contributed by atoms with E-state index >= 15 is 0 Å². The van der Waals surface area contributed by atoms with Crippen LogP contribution in [-0.2, 0) is 4.79 Å². The summed E-state index contributed by atoms with van der Waals surface area (Å²) >= 11 is 1.69. The summed E-state index contributed by atoms with van der Waals surface area (Å²) in [7, 11) is 0. The van der Waals surface area contributed by atoms with E-state index in [1.54, 1.807) is 11.8 Å². The van der Waals surface area contributed by atoms with Gasteiger partial charge in [0.05, 0.1) is 6.54 Å². The molecule has 1 rings (SSSR count). The number of aryl methyl sites for hydroxylation is 2. The maximum Gasteiger partial charge on any atom is 0.221 e. The Balaban J connectivity index is 2.33.